The number of aromatic nitrogens is 3. The van der Waals surface area contributed by atoms with Gasteiger partial charge in [-0.1, -0.05) is 12.6 Å². The number of nitrogens with zero attached hydrogens (tertiary/aromatic N) is 5. The lowest BCUT2D eigenvalue weighted by Crippen LogP contribution is -2.22. The van der Waals surface area contributed by atoms with Gasteiger partial charge in [0, 0.05) is 30.1 Å². The molecule has 0 aliphatic carbocycles. The van der Waals surface area contributed by atoms with Gasteiger partial charge in [0.1, 0.15) is 17.5 Å². The molecule has 0 aliphatic heterocycles. The van der Waals surface area contributed by atoms with E-state index in [0.29, 0.717) is 34.8 Å². The van der Waals surface area contributed by atoms with Crippen molar-refractivity contribution in [3.05, 3.63) is 82.3 Å². The minimum Gasteiger partial charge on any atom is -0.496 e. The lowest BCUT2D eigenvalue weighted by molar-refractivity contribution is 0.413. The zero-order valence-electron chi connectivity index (χ0n) is 20.1. The summed E-state index contributed by atoms with van der Waals surface area (Å²) in [5, 5.41) is 20.6. The SMILES string of the molecule is C=CC(=N/C(=C(\C)N)c1nnc(-c2ccc(CNC)cc2OC)o1)c1ccc(=O)n(C(C)C#N)c1. The van der Waals surface area contributed by atoms with E-state index in [1.807, 2.05) is 25.2 Å². The number of aliphatic imine (C=N–C) groups is 1. The average molecular weight is 474 g/mol. The summed E-state index contributed by atoms with van der Waals surface area (Å²) in [6, 6.07) is 10.1. The molecule has 1 aromatic carbocycles. The van der Waals surface area contributed by atoms with Crippen LogP contribution in [0.5, 0.6) is 5.75 Å². The summed E-state index contributed by atoms with van der Waals surface area (Å²) in [6.45, 7) is 7.80. The Hall–Kier alpha value is -4.49. The molecule has 1 atom stereocenters. The van der Waals surface area contributed by atoms with Crippen molar-refractivity contribution in [3.63, 3.8) is 0 Å². The minimum atomic E-state index is -0.646. The summed E-state index contributed by atoms with van der Waals surface area (Å²) in [5.41, 5.74) is 9.07. The zero-order valence-corrected chi connectivity index (χ0v) is 20.1. The first-order valence-electron chi connectivity index (χ1n) is 10.8. The number of nitriles is 1. The minimum absolute atomic E-state index is 0.111. The second-order valence-corrected chi connectivity index (χ2v) is 7.68. The number of methoxy groups -OCH3 is 1. The highest BCUT2D eigenvalue weighted by molar-refractivity contribution is 6.10. The predicted octanol–water partition coefficient (Wildman–Crippen LogP) is 3.03. The van der Waals surface area contributed by atoms with Gasteiger partial charge in [0.05, 0.1) is 24.5 Å². The summed E-state index contributed by atoms with van der Waals surface area (Å²) in [5.74, 6) is 0.949. The summed E-state index contributed by atoms with van der Waals surface area (Å²) in [4.78, 5) is 16.7. The van der Waals surface area contributed by atoms with Crippen LogP contribution >= 0.6 is 0 Å². The van der Waals surface area contributed by atoms with Crippen LogP contribution in [0.1, 0.15) is 36.9 Å². The molecule has 1 unspecified atom stereocenters. The maximum absolute atomic E-state index is 12.2. The lowest BCUT2D eigenvalue weighted by atomic mass is 10.1. The maximum Gasteiger partial charge on any atom is 0.268 e. The number of hydrogen-bond acceptors (Lipinski definition) is 9. The van der Waals surface area contributed by atoms with E-state index in [0.717, 1.165) is 5.56 Å². The largest absolute Gasteiger partial charge is 0.496 e. The van der Waals surface area contributed by atoms with Crippen LogP contribution < -0.4 is 21.3 Å². The smallest absolute Gasteiger partial charge is 0.268 e. The Morgan fingerprint density at radius 2 is 2.17 bits per heavy atom. The molecular formula is C25H27N7O3. The molecule has 0 bridgehead atoms. The van der Waals surface area contributed by atoms with E-state index in [9.17, 15) is 10.1 Å². The summed E-state index contributed by atoms with van der Waals surface area (Å²) in [7, 11) is 3.44. The fourth-order valence-electron chi connectivity index (χ4n) is 3.33. The third-order valence-corrected chi connectivity index (χ3v) is 5.14. The average Bonchev–Trinajstić information content (AvgIpc) is 3.34. The van der Waals surface area contributed by atoms with E-state index in [1.54, 1.807) is 33.2 Å². The molecule has 10 heteroatoms. The van der Waals surface area contributed by atoms with Gasteiger partial charge in [0.25, 0.3) is 17.3 Å². The van der Waals surface area contributed by atoms with E-state index in [4.69, 9.17) is 14.9 Å². The highest BCUT2D eigenvalue weighted by Gasteiger charge is 2.18. The van der Waals surface area contributed by atoms with Crippen LogP contribution in [0, 0.1) is 11.3 Å². The molecule has 35 heavy (non-hydrogen) atoms. The Morgan fingerprint density at radius 3 is 2.80 bits per heavy atom. The molecule has 0 amide bonds. The van der Waals surface area contributed by atoms with Crippen LogP contribution in [0.2, 0.25) is 0 Å². The number of benzene rings is 1. The quantitative estimate of drug-likeness (QED) is 0.451. The van der Waals surface area contributed by atoms with Gasteiger partial charge in [-0.2, -0.15) is 5.26 Å². The standard InChI is InChI=1S/C25H27N7O3/c1-6-20(18-8-10-22(33)32(14-18)15(2)12-26)29-23(16(3)27)25-31-30-24(35-25)19-9-7-17(13-28-4)11-21(19)34-5/h6-11,14-15,28H,1,13,27H2,2-5H3/b23-16+,29-20?. The number of rotatable bonds is 9. The zero-order chi connectivity index (χ0) is 25.5. The normalized spacial score (nSPS) is 13.1. The third kappa shape index (κ3) is 5.54. The van der Waals surface area contributed by atoms with Gasteiger partial charge in [-0.25, -0.2) is 4.99 Å². The number of nitrogens with two attached hydrogens (primary N) is 1. The molecule has 0 saturated heterocycles. The second-order valence-electron chi connectivity index (χ2n) is 7.68. The van der Waals surface area contributed by atoms with Crippen molar-refractivity contribution in [1.82, 2.24) is 20.1 Å². The van der Waals surface area contributed by atoms with Crippen molar-refractivity contribution in [1.29, 1.82) is 5.26 Å². The second kappa shape index (κ2) is 11.1. The fraction of sp³-hybridized carbons (Fsp3) is 0.240. The molecule has 0 radical (unpaired) electrons. The van der Waals surface area contributed by atoms with Crippen molar-refractivity contribution < 1.29 is 9.15 Å². The first kappa shape index (κ1) is 25.1. The van der Waals surface area contributed by atoms with Crippen LogP contribution in [0.15, 0.2) is 69.1 Å². The highest BCUT2D eigenvalue weighted by atomic mass is 16.5. The van der Waals surface area contributed by atoms with E-state index in [-0.39, 0.29) is 23.0 Å². The molecule has 3 rings (SSSR count). The van der Waals surface area contributed by atoms with Gasteiger partial charge in [-0.05, 0) is 50.7 Å². The first-order valence-corrected chi connectivity index (χ1v) is 10.8. The van der Waals surface area contributed by atoms with Crippen LogP contribution in [-0.2, 0) is 6.54 Å². The van der Waals surface area contributed by atoms with Crippen molar-refractivity contribution in [3.8, 4) is 23.3 Å². The maximum atomic E-state index is 12.2. The van der Waals surface area contributed by atoms with E-state index >= 15 is 0 Å². The summed E-state index contributed by atoms with van der Waals surface area (Å²) >= 11 is 0. The molecule has 3 N–H and O–H groups in total. The first-order chi connectivity index (χ1) is 16.8. The Bertz CT molecular complexity index is 1390. The van der Waals surface area contributed by atoms with E-state index < -0.39 is 6.04 Å². The molecule has 10 nitrogen and oxygen atoms in total. The van der Waals surface area contributed by atoms with Crippen molar-refractivity contribution >= 4 is 11.4 Å². The molecule has 2 aromatic heterocycles. The van der Waals surface area contributed by atoms with Gasteiger partial charge in [0.2, 0.25) is 0 Å². The van der Waals surface area contributed by atoms with Crippen LogP contribution in [0.25, 0.3) is 17.2 Å². The Morgan fingerprint density at radius 1 is 1.40 bits per heavy atom. The Labute approximate surface area is 203 Å². The number of ether oxygens (including phenoxy) is 1. The Balaban J connectivity index is 2.04. The number of nitrogens with one attached hydrogen (secondary N) is 1. The van der Waals surface area contributed by atoms with Gasteiger partial charge < -0.3 is 20.2 Å². The number of allylic oxidation sites excluding steroid dienone is 2. The molecule has 180 valence electrons. The van der Waals surface area contributed by atoms with Crippen LogP contribution in [-0.4, -0.2) is 34.6 Å². The third-order valence-electron chi connectivity index (χ3n) is 5.14. The van der Waals surface area contributed by atoms with Gasteiger partial charge in [-0.3, -0.25) is 9.36 Å². The van der Waals surface area contributed by atoms with Gasteiger partial charge in [0.15, 0.2) is 0 Å². The topological polar surface area (TPSA) is 144 Å². The highest BCUT2D eigenvalue weighted by Crippen LogP contribution is 2.31. The van der Waals surface area contributed by atoms with E-state index in [2.05, 4.69) is 33.2 Å². The fourth-order valence-corrected chi connectivity index (χ4v) is 3.33. The van der Waals surface area contributed by atoms with Crippen molar-refractivity contribution in [2.75, 3.05) is 14.2 Å². The predicted molar refractivity (Wildman–Crippen MR) is 134 cm³/mol. The van der Waals surface area contributed by atoms with Crippen molar-refractivity contribution in [2.24, 2.45) is 10.7 Å². The van der Waals surface area contributed by atoms with Crippen LogP contribution in [0.4, 0.5) is 0 Å². The van der Waals surface area contributed by atoms with Crippen LogP contribution in [0.3, 0.4) is 0 Å². The summed E-state index contributed by atoms with van der Waals surface area (Å²) in [6.07, 6.45) is 3.07. The molecule has 0 aliphatic rings. The lowest BCUT2D eigenvalue weighted by Gasteiger charge is -2.10. The summed E-state index contributed by atoms with van der Waals surface area (Å²) < 4.78 is 12.8. The molecule has 0 spiro atoms. The van der Waals surface area contributed by atoms with Gasteiger partial charge in [-0.15, -0.1) is 10.2 Å². The van der Waals surface area contributed by atoms with E-state index in [1.165, 1.54) is 16.7 Å². The molecule has 0 fully saturated rings. The molecule has 2 heterocycles. The monoisotopic (exact) mass is 473 g/mol. The van der Waals surface area contributed by atoms with Gasteiger partial charge >= 0.3 is 0 Å². The number of pyridine rings is 1. The molecule has 0 saturated carbocycles. The molecule has 3 aromatic rings. The Kier molecular flexibility index (Phi) is 7.96. The number of hydrogen-bond donors (Lipinski definition) is 2. The van der Waals surface area contributed by atoms with Crippen molar-refractivity contribution in [2.45, 2.75) is 26.4 Å². The molecular weight excluding hydrogens is 446 g/mol.